The number of aliphatic imine (C=N–C) groups is 1. The van der Waals surface area contributed by atoms with E-state index in [4.69, 9.17) is 16.3 Å². The van der Waals surface area contributed by atoms with Gasteiger partial charge in [-0.1, -0.05) is 37.2 Å². The summed E-state index contributed by atoms with van der Waals surface area (Å²) in [6.45, 7) is 4.40. The Morgan fingerprint density at radius 3 is 2.66 bits per heavy atom. The molecule has 29 heavy (non-hydrogen) atoms. The average molecular weight is 441 g/mol. The van der Waals surface area contributed by atoms with Gasteiger partial charge >= 0.3 is 6.03 Å². The lowest BCUT2D eigenvalue weighted by Crippen LogP contribution is -2.64. The van der Waals surface area contributed by atoms with Gasteiger partial charge in [-0.3, -0.25) is 10.1 Å². The van der Waals surface area contributed by atoms with Gasteiger partial charge in [0.1, 0.15) is 18.5 Å². The topological polar surface area (TPSA) is 94.5 Å². The zero-order valence-electron chi connectivity index (χ0n) is 16.5. The van der Waals surface area contributed by atoms with Crippen molar-refractivity contribution in [2.24, 2.45) is 10.9 Å². The number of imide groups is 1. The van der Waals surface area contributed by atoms with Crippen molar-refractivity contribution >= 4 is 40.5 Å². The maximum Gasteiger partial charge on any atom is 0.325 e. The molecule has 2 aliphatic heterocycles. The number of aliphatic hydroxyl groups excluding tert-OH is 1. The molecular formula is C19H25ClN4O4S. The Hall–Kier alpha value is -1.97. The van der Waals surface area contributed by atoms with E-state index in [0.29, 0.717) is 21.9 Å². The molecule has 0 bridgehead atoms. The van der Waals surface area contributed by atoms with Crippen LogP contribution in [0.3, 0.4) is 0 Å². The quantitative estimate of drug-likeness (QED) is 0.673. The van der Waals surface area contributed by atoms with Crippen LogP contribution in [0, 0.1) is 5.92 Å². The summed E-state index contributed by atoms with van der Waals surface area (Å²) in [6, 6.07) is 5.73. The minimum Gasteiger partial charge on any atom is -0.491 e. The minimum atomic E-state index is -0.856. The predicted octanol–water partition coefficient (Wildman–Crippen LogP) is 2.02. The van der Waals surface area contributed by atoms with Crippen LogP contribution in [0.5, 0.6) is 5.75 Å². The average Bonchev–Trinajstić information content (AvgIpc) is 3.03. The minimum absolute atomic E-state index is 0.0496. The Kier molecular flexibility index (Phi) is 6.92. The number of fused-ring (bicyclic) bond motifs is 1. The van der Waals surface area contributed by atoms with Gasteiger partial charge < -0.3 is 19.6 Å². The molecule has 8 nitrogen and oxygen atoms in total. The van der Waals surface area contributed by atoms with Crippen LogP contribution >= 0.6 is 23.4 Å². The maximum atomic E-state index is 12.5. The van der Waals surface area contributed by atoms with Crippen molar-refractivity contribution in [2.45, 2.75) is 32.2 Å². The van der Waals surface area contributed by atoms with Crippen LogP contribution in [0.25, 0.3) is 0 Å². The molecule has 158 valence electrons. The third-order valence-electron chi connectivity index (χ3n) is 4.53. The second kappa shape index (κ2) is 9.23. The second-order valence-electron chi connectivity index (χ2n) is 7.45. The molecule has 0 spiro atoms. The summed E-state index contributed by atoms with van der Waals surface area (Å²) in [5.41, 5.74) is 0. The first kappa shape index (κ1) is 21.7. The molecule has 1 saturated heterocycles. The van der Waals surface area contributed by atoms with Crippen LogP contribution in [-0.2, 0) is 4.79 Å². The number of amides is 3. The molecule has 1 aromatic carbocycles. The summed E-state index contributed by atoms with van der Waals surface area (Å²) in [4.78, 5) is 32.3. The van der Waals surface area contributed by atoms with E-state index in [1.54, 1.807) is 36.2 Å². The normalized spacial score (nSPS) is 22.5. The van der Waals surface area contributed by atoms with Crippen molar-refractivity contribution in [3.05, 3.63) is 29.3 Å². The molecule has 2 aliphatic rings. The Labute approximate surface area is 179 Å². The first-order chi connectivity index (χ1) is 13.8. The molecule has 2 heterocycles. The molecule has 0 saturated carbocycles. The van der Waals surface area contributed by atoms with E-state index in [2.05, 4.69) is 24.2 Å². The number of thioether (sulfide) groups is 1. The summed E-state index contributed by atoms with van der Waals surface area (Å²) < 4.78 is 5.62. The molecule has 3 rings (SSSR count). The molecule has 3 atom stereocenters. The smallest absolute Gasteiger partial charge is 0.325 e. The van der Waals surface area contributed by atoms with Crippen molar-refractivity contribution in [3.63, 3.8) is 0 Å². The van der Waals surface area contributed by atoms with Crippen LogP contribution in [0.1, 0.15) is 13.8 Å². The molecule has 0 aliphatic carbocycles. The van der Waals surface area contributed by atoms with Crippen molar-refractivity contribution < 1.29 is 19.4 Å². The Balaban J connectivity index is 1.69. The lowest BCUT2D eigenvalue weighted by Gasteiger charge is -2.36. The van der Waals surface area contributed by atoms with Crippen molar-refractivity contribution in [1.29, 1.82) is 0 Å². The van der Waals surface area contributed by atoms with E-state index in [-0.39, 0.29) is 13.2 Å². The fourth-order valence-electron chi connectivity index (χ4n) is 3.06. The van der Waals surface area contributed by atoms with Gasteiger partial charge in [0.15, 0.2) is 17.4 Å². The van der Waals surface area contributed by atoms with Gasteiger partial charge in [-0.2, -0.15) is 0 Å². The number of halogens is 1. The number of β-amino-alcohol motifs (C(OH)–C–C–N with tert-alkyl or cyclic N) is 1. The number of amidine groups is 1. The molecule has 3 amide bonds. The van der Waals surface area contributed by atoms with Crippen molar-refractivity contribution in [3.8, 4) is 5.75 Å². The SMILES string of the molecule is CC(C)CSC1=NC2C(C(=O)NC(=O)N2C)N1CC(O)COc1ccc(Cl)cc1. The van der Waals surface area contributed by atoms with Gasteiger partial charge in [0.05, 0.1) is 6.54 Å². The van der Waals surface area contributed by atoms with E-state index in [1.807, 2.05) is 0 Å². The number of benzene rings is 1. The number of likely N-dealkylation sites (N-methyl/N-ethyl adjacent to an activating group) is 1. The molecule has 1 aromatic rings. The Bertz CT molecular complexity index is 789. The zero-order chi connectivity index (χ0) is 21.1. The number of ether oxygens (including phenoxy) is 1. The van der Waals surface area contributed by atoms with Gasteiger partial charge in [-0.25, -0.2) is 9.79 Å². The molecule has 0 radical (unpaired) electrons. The summed E-state index contributed by atoms with van der Waals surface area (Å²) in [7, 11) is 1.61. The second-order valence-corrected chi connectivity index (χ2v) is 8.87. The highest BCUT2D eigenvalue weighted by Crippen LogP contribution is 2.29. The highest BCUT2D eigenvalue weighted by molar-refractivity contribution is 8.13. The third-order valence-corrected chi connectivity index (χ3v) is 6.22. The Morgan fingerprint density at radius 1 is 1.31 bits per heavy atom. The lowest BCUT2D eigenvalue weighted by molar-refractivity contribution is -0.127. The van der Waals surface area contributed by atoms with E-state index in [1.165, 1.54) is 16.7 Å². The van der Waals surface area contributed by atoms with Gasteiger partial charge in [0, 0.05) is 17.8 Å². The van der Waals surface area contributed by atoms with Crippen LogP contribution in [0.15, 0.2) is 29.3 Å². The van der Waals surface area contributed by atoms with Crippen LogP contribution in [0.4, 0.5) is 4.79 Å². The largest absolute Gasteiger partial charge is 0.491 e. The number of urea groups is 1. The molecule has 3 unspecified atom stereocenters. The van der Waals surface area contributed by atoms with Crippen molar-refractivity contribution in [1.82, 2.24) is 15.1 Å². The van der Waals surface area contributed by atoms with Gasteiger partial charge in [0.25, 0.3) is 5.91 Å². The van der Waals surface area contributed by atoms with Gasteiger partial charge in [-0.05, 0) is 30.2 Å². The fourth-order valence-corrected chi connectivity index (χ4v) is 4.20. The maximum absolute atomic E-state index is 12.5. The van der Waals surface area contributed by atoms with E-state index >= 15 is 0 Å². The highest BCUT2D eigenvalue weighted by Gasteiger charge is 2.48. The van der Waals surface area contributed by atoms with E-state index < -0.39 is 30.2 Å². The number of nitrogens with zero attached hydrogens (tertiary/aromatic N) is 3. The molecular weight excluding hydrogens is 416 g/mol. The number of rotatable bonds is 7. The van der Waals surface area contributed by atoms with E-state index in [9.17, 15) is 14.7 Å². The number of carbonyl (C=O) groups is 2. The van der Waals surface area contributed by atoms with Gasteiger partial charge in [-0.15, -0.1) is 0 Å². The number of carbonyl (C=O) groups excluding carboxylic acids is 2. The molecule has 1 fully saturated rings. The summed E-state index contributed by atoms with van der Waals surface area (Å²) >= 11 is 7.38. The van der Waals surface area contributed by atoms with Gasteiger partial charge in [0.2, 0.25) is 0 Å². The van der Waals surface area contributed by atoms with Crippen LogP contribution in [0.2, 0.25) is 5.02 Å². The van der Waals surface area contributed by atoms with E-state index in [0.717, 1.165) is 5.75 Å². The zero-order valence-corrected chi connectivity index (χ0v) is 18.1. The lowest BCUT2D eigenvalue weighted by atomic mass is 10.1. The fraction of sp³-hybridized carbons (Fsp3) is 0.526. The van der Waals surface area contributed by atoms with Crippen molar-refractivity contribution in [2.75, 3.05) is 26.0 Å². The monoisotopic (exact) mass is 440 g/mol. The molecule has 2 N–H and O–H groups in total. The third kappa shape index (κ3) is 5.15. The summed E-state index contributed by atoms with van der Waals surface area (Å²) in [6.07, 6.45) is -1.46. The number of nitrogens with one attached hydrogen (secondary N) is 1. The number of hydrogen-bond acceptors (Lipinski definition) is 7. The molecule has 10 heteroatoms. The Morgan fingerprint density at radius 2 is 2.00 bits per heavy atom. The predicted molar refractivity (Wildman–Crippen MR) is 113 cm³/mol. The summed E-state index contributed by atoms with van der Waals surface area (Å²) in [5.74, 6) is 1.42. The molecule has 0 aromatic heterocycles. The summed E-state index contributed by atoms with van der Waals surface area (Å²) in [5, 5.41) is 14.1. The van der Waals surface area contributed by atoms with Crippen LogP contribution in [-0.4, -0.2) is 76.3 Å². The number of aliphatic hydroxyl groups is 1. The number of hydrogen-bond donors (Lipinski definition) is 2. The first-order valence-electron chi connectivity index (χ1n) is 9.37. The van der Waals surface area contributed by atoms with Crippen LogP contribution < -0.4 is 10.1 Å². The first-order valence-corrected chi connectivity index (χ1v) is 10.7. The highest BCUT2D eigenvalue weighted by atomic mass is 35.5. The standard InChI is InChI=1S/C19H25ClN4O4S/c1-11(2)10-29-19-21-16-15(17(26)22-18(27)23(16)3)24(19)8-13(25)9-28-14-6-4-12(20)5-7-14/h4-7,11,13,15-16,25H,8-10H2,1-3H3,(H,22,26,27).